The first-order valence-electron chi connectivity index (χ1n) is 12.2. The molecule has 7 rings (SSSR count). The van der Waals surface area contributed by atoms with E-state index in [1.807, 2.05) is 0 Å². The van der Waals surface area contributed by atoms with Gasteiger partial charge in [-0.1, -0.05) is 97.1 Å². The van der Waals surface area contributed by atoms with Crippen molar-refractivity contribution >= 4 is 49.8 Å². The second kappa shape index (κ2) is 8.44. The van der Waals surface area contributed by atoms with Crippen LogP contribution in [-0.2, 0) is 0 Å². The van der Waals surface area contributed by atoms with Crippen LogP contribution in [0.4, 0.5) is 17.1 Å². The summed E-state index contributed by atoms with van der Waals surface area (Å²) < 4.78 is 6.48. The van der Waals surface area contributed by atoms with Gasteiger partial charge in [-0.15, -0.1) is 0 Å². The lowest BCUT2D eigenvalue weighted by Crippen LogP contribution is -2.10. The van der Waals surface area contributed by atoms with E-state index in [0.29, 0.717) is 0 Å². The van der Waals surface area contributed by atoms with E-state index in [1.54, 1.807) is 0 Å². The van der Waals surface area contributed by atoms with Gasteiger partial charge in [0.25, 0.3) is 0 Å². The average molecular weight is 462 g/mol. The van der Waals surface area contributed by atoms with Gasteiger partial charge in [-0.2, -0.15) is 0 Å². The van der Waals surface area contributed by atoms with Gasteiger partial charge in [-0.05, 0) is 53.4 Å². The van der Waals surface area contributed by atoms with E-state index in [1.165, 1.54) is 5.39 Å². The second-order valence-corrected chi connectivity index (χ2v) is 8.97. The zero-order valence-corrected chi connectivity index (χ0v) is 19.6. The van der Waals surface area contributed by atoms with Crippen LogP contribution < -0.4 is 4.90 Å². The lowest BCUT2D eigenvalue weighted by molar-refractivity contribution is 0.673. The smallest absolute Gasteiger partial charge is 0.143 e. The van der Waals surface area contributed by atoms with Gasteiger partial charge in [0.05, 0.1) is 5.69 Å². The maximum Gasteiger partial charge on any atom is 0.143 e. The molecule has 0 bridgehead atoms. The molecule has 0 saturated carbocycles. The minimum absolute atomic E-state index is 0.902. The Balaban J connectivity index is 1.52. The van der Waals surface area contributed by atoms with Crippen molar-refractivity contribution in [3.8, 4) is 11.1 Å². The SMILES string of the molecule is c1ccc(N(c2ccccc2)c2ccccc2-c2cccc3oc4c5ccccc5ccc4c23)cc1. The molecule has 1 heterocycles. The van der Waals surface area contributed by atoms with E-state index in [0.717, 1.165) is 55.5 Å². The summed E-state index contributed by atoms with van der Waals surface area (Å²) in [5, 5.41) is 4.61. The van der Waals surface area contributed by atoms with Crippen molar-refractivity contribution in [1.29, 1.82) is 0 Å². The fourth-order valence-electron chi connectivity index (χ4n) is 5.26. The highest BCUT2D eigenvalue weighted by Gasteiger charge is 2.20. The third-order valence-corrected chi connectivity index (χ3v) is 6.85. The van der Waals surface area contributed by atoms with Gasteiger partial charge in [0.15, 0.2) is 0 Å². The monoisotopic (exact) mass is 461 g/mol. The van der Waals surface area contributed by atoms with Gasteiger partial charge in [-0.25, -0.2) is 0 Å². The highest BCUT2D eigenvalue weighted by Crippen LogP contribution is 2.45. The van der Waals surface area contributed by atoms with Crippen LogP contribution in [0.2, 0.25) is 0 Å². The highest BCUT2D eigenvalue weighted by atomic mass is 16.3. The number of hydrogen-bond acceptors (Lipinski definition) is 2. The molecule has 6 aromatic carbocycles. The fraction of sp³-hybridized carbons (Fsp3) is 0. The molecule has 36 heavy (non-hydrogen) atoms. The summed E-state index contributed by atoms with van der Waals surface area (Å²) in [7, 11) is 0. The molecule has 2 nitrogen and oxygen atoms in total. The van der Waals surface area contributed by atoms with Crippen molar-refractivity contribution in [3.63, 3.8) is 0 Å². The lowest BCUT2D eigenvalue weighted by Gasteiger charge is -2.28. The zero-order chi connectivity index (χ0) is 23.9. The standard InChI is InChI=1S/C34H23NO/c1-3-13-25(14-4-1)35(26-15-5-2-6-16-26)31-20-10-9-18-28(31)29-19-11-21-32-33(29)30-23-22-24-12-7-8-17-27(24)34(30)36-32/h1-23H. The molecule has 0 fully saturated rings. The van der Waals surface area contributed by atoms with Crippen LogP contribution in [-0.4, -0.2) is 0 Å². The molecule has 0 unspecified atom stereocenters. The van der Waals surface area contributed by atoms with Crippen molar-refractivity contribution in [2.75, 3.05) is 4.90 Å². The zero-order valence-electron chi connectivity index (χ0n) is 19.6. The molecule has 1 aromatic heterocycles. The Morgan fingerprint density at radius 2 is 1.08 bits per heavy atom. The third-order valence-electron chi connectivity index (χ3n) is 6.85. The van der Waals surface area contributed by atoms with Crippen LogP contribution in [0.5, 0.6) is 0 Å². The van der Waals surface area contributed by atoms with E-state index in [9.17, 15) is 0 Å². The molecule has 0 aliphatic carbocycles. The number of nitrogens with zero attached hydrogens (tertiary/aromatic N) is 1. The van der Waals surface area contributed by atoms with Crippen molar-refractivity contribution in [2.24, 2.45) is 0 Å². The highest BCUT2D eigenvalue weighted by molar-refractivity contribution is 6.19. The van der Waals surface area contributed by atoms with Crippen LogP contribution in [0.25, 0.3) is 43.8 Å². The quantitative estimate of drug-likeness (QED) is 0.259. The van der Waals surface area contributed by atoms with Crippen molar-refractivity contribution in [3.05, 3.63) is 140 Å². The predicted molar refractivity (Wildman–Crippen MR) is 151 cm³/mol. The van der Waals surface area contributed by atoms with Crippen LogP contribution in [0, 0.1) is 0 Å². The summed E-state index contributed by atoms with van der Waals surface area (Å²) in [4.78, 5) is 2.33. The Kier molecular flexibility index (Phi) is 4.82. The number of benzene rings is 6. The van der Waals surface area contributed by atoms with Crippen LogP contribution in [0.1, 0.15) is 0 Å². The molecule has 2 heteroatoms. The summed E-state index contributed by atoms with van der Waals surface area (Å²) in [6, 6.07) is 48.9. The summed E-state index contributed by atoms with van der Waals surface area (Å²) in [6.45, 7) is 0. The molecule has 7 aromatic rings. The molecular formula is C34H23NO. The predicted octanol–water partition coefficient (Wildman–Crippen LogP) is 9.88. The molecule has 0 aliphatic rings. The average Bonchev–Trinajstić information content (AvgIpc) is 3.34. The lowest BCUT2D eigenvalue weighted by atomic mass is 9.96. The summed E-state index contributed by atoms with van der Waals surface area (Å²) in [5.74, 6) is 0. The Morgan fingerprint density at radius 3 is 1.86 bits per heavy atom. The number of hydrogen-bond donors (Lipinski definition) is 0. The van der Waals surface area contributed by atoms with E-state index >= 15 is 0 Å². The fourth-order valence-corrected chi connectivity index (χ4v) is 5.26. The molecule has 0 saturated heterocycles. The maximum absolute atomic E-state index is 6.48. The number of fused-ring (bicyclic) bond motifs is 5. The van der Waals surface area contributed by atoms with E-state index < -0.39 is 0 Å². The van der Waals surface area contributed by atoms with Gasteiger partial charge in [0.2, 0.25) is 0 Å². The maximum atomic E-state index is 6.48. The molecule has 0 radical (unpaired) electrons. The first-order valence-corrected chi connectivity index (χ1v) is 12.2. The summed E-state index contributed by atoms with van der Waals surface area (Å²) in [6.07, 6.45) is 0. The molecule has 0 atom stereocenters. The van der Waals surface area contributed by atoms with Gasteiger partial charge in [0, 0.05) is 33.1 Å². The summed E-state index contributed by atoms with van der Waals surface area (Å²) in [5.41, 5.74) is 7.52. The number of anilines is 3. The Labute approximate surface area is 209 Å². The van der Waals surface area contributed by atoms with Crippen LogP contribution in [0.15, 0.2) is 144 Å². The van der Waals surface area contributed by atoms with Crippen LogP contribution >= 0.6 is 0 Å². The Hall–Kier alpha value is -4.82. The van der Waals surface area contributed by atoms with Gasteiger partial charge < -0.3 is 9.32 Å². The summed E-state index contributed by atoms with van der Waals surface area (Å²) >= 11 is 0. The normalized spacial score (nSPS) is 11.3. The first kappa shape index (κ1) is 20.5. The van der Waals surface area contributed by atoms with Crippen molar-refractivity contribution < 1.29 is 4.42 Å². The van der Waals surface area contributed by atoms with Crippen molar-refractivity contribution in [2.45, 2.75) is 0 Å². The van der Waals surface area contributed by atoms with Crippen molar-refractivity contribution in [1.82, 2.24) is 0 Å². The van der Waals surface area contributed by atoms with Crippen LogP contribution in [0.3, 0.4) is 0 Å². The van der Waals surface area contributed by atoms with E-state index in [4.69, 9.17) is 4.42 Å². The number of para-hydroxylation sites is 3. The number of furan rings is 1. The molecule has 0 amide bonds. The third kappa shape index (κ3) is 3.27. The first-order chi connectivity index (χ1) is 17.9. The van der Waals surface area contributed by atoms with Gasteiger partial charge >= 0.3 is 0 Å². The topological polar surface area (TPSA) is 16.4 Å². The minimum atomic E-state index is 0.902. The molecular weight excluding hydrogens is 438 g/mol. The second-order valence-electron chi connectivity index (χ2n) is 8.97. The Morgan fingerprint density at radius 1 is 0.444 bits per heavy atom. The largest absolute Gasteiger partial charge is 0.455 e. The number of rotatable bonds is 4. The molecule has 170 valence electrons. The van der Waals surface area contributed by atoms with Gasteiger partial charge in [-0.3, -0.25) is 0 Å². The minimum Gasteiger partial charge on any atom is -0.455 e. The Bertz CT molecular complexity index is 1790. The van der Waals surface area contributed by atoms with E-state index in [-0.39, 0.29) is 0 Å². The molecule has 0 N–H and O–H groups in total. The van der Waals surface area contributed by atoms with E-state index in [2.05, 4.69) is 144 Å². The van der Waals surface area contributed by atoms with Gasteiger partial charge in [0.1, 0.15) is 11.2 Å². The molecule has 0 aliphatic heterocycles. The molecule has 0 spiro atoms.